The Morgan fingerprint density at radius 2 is 1.86 bits per heavy atom. The number of rotatable bonds is 1. The van der Waals surface area contributed by atoms with Gasteiger partial charge in [-0.2, -0.15) is 0 Å². The molecule has 2 saturated heterocycles. The van der Waals surface area contributed by atoms with Gasteiger partial charge in [0.05, 0.1) is 8.07 Å². The first-order chi connectivity index (χ1) is 6.58. The molecule has 0 aromatic rings. The summed E-state index contributed by atoms with van der Waals surface area (Å²) >= 11 is 0. The molecule has 0 aromatic heterocycles. The van der Waals surface area contributed by atoms with Crippen LogP contribution in [-0.4, -0.2) is 44.4 Å². The molecule has 82 valence electrons. The van der Waals surface area contributed by atoms with Gasteiger partial charge < -0.3 is 9.64 Å². The normalized spacial score (nSPS) is 34.9. The van der Waals surface area contributed by atoms with Crippen LogP contribution in [-0.2, 0) is 4.74 Å². The molecule has 14 heavy (non-hydrogen) atoms. The molecule has 0 aromatic carbocycles. The third kappa shape index (κ3) is 2.20. The maximum Gasteiger partial charge on any atom is 0.0645 e. The fourth-order valence-electron chi connectivity index (χ4n) is 3.14. The van der Waals surface area contributed by atoms with Crippen LogP contribution in [0.3, 0.4) is 0 Å². The van der Waals surface area contributed by atoms with Gasteiger partial charge in [-0.25, -0.2) is 0 Å². The molecule has 0 N–H and O–H groups in total. The summed E-state index contributed by atoms with van der Waals surface area (Å²) in [4.78, 5) is 2.77. The van der Waals surface area contributed by atoms with Gasteiger partial charge in [0, 0.05) is 25.3 Å². The maximum atomic E-state index is 5.43. The van der Waals surface area contributed by atoms with Crippen molar-refractivity contribution in [1.29, 1.82) is 0 Å². The zero-order chi connectivity index (χ0) is 10.2. The second-order valence-corrected chi connectivity index (χ2v) is 10.8. The Morgan fingerprint density at radius 3 is 2.36 bits per heavy atom. The van der Waals surface area contributed by atoms with E-state index in [9.17, 15) is 0 Å². The molecule has 2 nitrogen and oxygen atoms in total. The van der Waals surface area contributed by atoms with E-state index in [0.717, 1.165) is 25.3 Å². The summed E-state index contributed by atoms with van der Waals surface area (Å²) in [6, 6.07) is 3.15. The zero-order valence-corrected chi connectivity index (χ0v) is 10.8. The van der Waals surface area contributed by atoms with E-state index in [2.05, 4.69) is 24.9 Å². The fraction of sp³-hybridized carbons (Fsp3) is 1.00. The van der Waals surface area contributed by atoms with E-state index in [1.165, 1.54) is 25.1 Å². The standard InChI is InChI=1S/C11H23NOSi/c1-10-8-14(2,3)9-12(10)11-4-6-13-7-5-11/h10-11H,4-9H2,1-3H3/t10-/m0/s1. The average Bonchev–Trinajstić information content (AvgIpc) is 2.41. The Hall–Kier alpha value is 0.137. The van der Waals surface area contributed by atoms with Crippen LogP contribution in [0.2, 0.25) is 19.1 Å². The molecule has 0 bridgehead atoms. The minimum atomic E-state index is -0.865. The van der Waals surface area contributed by atoms with E-state index in [-0.39, 0.29) is 0 Å². The Kier molecular flexibility index (Phi) is 3.00. The van der Waals surface area contributed by atoms with E-state index in [4.69, 9.17) is 4.74 Å². The summed E-state index contributed by atoms with van der Waals surface area (Å²) in [5.74, 6) is 0. The molecule has 0 aliphatic carbocycles. The lowest BCUT2D eigenvalue weighted by Gasteiger charge is -2.34. The van der Waals surface area contributed by atoms with Crippen LogP contribution in [0.15, 0.2) is 0 Å². The number of hydrogen-bond acceptors (Lipinski definition) is 2. The molecular formula is C11H23NOSi. The molecule has 0 unspecified atom stereocenters. The number of ether oxygens (including phenoxy) is 1. The van der Waals surface area contributed by atoms with E-state index < -0.39 is 8.07 Å². The van der Waals surface area contributed by atoms with E-state index in [0.29, 0.717) is 0 Å². The summed E-state index contributed by atoms with van der Waals surface area (Å²) in [6.07, 6.45) is 3.93. The third-order valence-electron chi connectivity index (χ3n) is 3.68. The van der Waals surface area contributed by atoms with Crippen molar-refractivity contribution in [1.82, 2.24) is 4.90 Å². The minimum absolute atomic E-state index is 0.827. The molecule has 2 heterocycles. The first-order valence-corrected chi connectivity index (χ1v) is 9.33. The molecule has 0 spiro atoms. The van der Waals surface area contributed by atoms with Gasteiger partial charge in [-0.15, -0.1) is 0 Å². The summed E-state index contributed by atoms with van der Waals surface area (Å²) in [6.45, 7) is 9.44. The Balaban J connectivity index is 1.97. The van der Waals surface area contributed by atoms with Gasteiger partial charge in [0.25, 0.3) is 0 Å². The molecule has 2 aliphatic rings. The van der Waals surface area contributed by atoms with Crippen LogP contribution in [0, 0.1) is 0 Å². The number of hydrogen-bond donors (Lipinski definition) is 0. The monoisotopic (exact) mass is 213 g/mol. The summed E-state index contributed by atoms with van der Waals surface area (Å²) in [5.41, 5.74) is 0. The molecular weight excluding hydrogens is 190 g/mol. The van der Waals surface area contributed by atoms with Crippen LogP contribution in [0.4, 0.5) is 0 Å². The lowest BCUT2D eigenvalue weighted by Crippen LogP contribution is -2.43. The molecule has 0 saturated carbocycles. The van der Waals surface area contributed by atoms with Gasteiger partial charge in [0.1, 0.15) is 0 Å². The van der Waals surface area contributed by atoms with Crippen molar-refractivity contribution < 1.29 is 4.74 Å². The molecule has 0 amide bonds. The molecule has 2 fully saturated rings. The van der Waals surface area contributed by atoms with Gasteiger partial charge in [-0.1, -0.05) is 13.1 Å². The second kappa shape index (κ2) is 3.95. The highest BCUT2D eigenvalue weighted by Gasteiger charge is 2.39. The topological polar surface area (TPSA) is 12.5 Å². The third-order valence-corrected chi connectivity index (χ3v) is 6.60. The largest absolute Gasteiger partial charge is 0.381 e. The molecule has 2 rings (SSSR count). The van der Waals surface area contributed by atoms with Crippen LogP contribution in [0.25, 0.3) is 0 Å². The van der Waals surface area contributed by atoms with Crippen LogP contribution >= 0.6 is 0 Å². The smallest absolute Gasteiger partial charge is 0.0645 e. The van der Waals surface area contributed by atoms with Gasteiger partial charge in [-0.3, -0.25) is 0 Å². The van der Waals surface area contributed by atoms with Gasteiger partial charge >= 0.3 is 0 Å². The van der Waals surface area contributed by atoms with Crippen molar-refractivity contribution >= 4 is 8.07 Å². The van der Waals surface area contributed by atoms with Crippen molar-refractivity contribution in [2.45, 2.75) is 51.0 Å². The van der Waals surface area contributed by atoms with E-state index in [1.54, 1.807) is 0 Å². The lowest BCUT2D eigenvalue weighted by molar-refractivity contribution is 0.0338. The predicted molar refractivity (Wildman–Crippen MR) is 62.3 cm³/mol. The van der Waals surface area contributed by atoms with Gasteiger partial charge in [0.2, 0.25) is 0 Å². The van der Waals surface area contributed by atoms with Crippen LogP contribution in [0.1, 0.15) is 19.8 Å². The maximum absolute atomic E-state index is 5.43. The quantitative estimate of drug-likeness (QED) is 0.619. The van der Waals surface area contributed by atoms with Crippen LogP contribution in [0.5, 0.6) is 0 Å². The predicted octanol–water partition coefficient (Wildman–Crippen LogP) is 2.12. The van der Waals surface area contributed by atoms with Crippen molar-refractivity contribution in [2.24, 2.45) is 0 Å². The Morgan fingerprint density at radius 1 is 1.21 bits per heavy atom. The molecule has 1 atom stereocenters. The van der Waals surface area contributed by atoms with Crippen molar-refractivity contribution in [3.05, 3.63) is 0 Å². The van der Waals surface area contributed by atoms with E-state index in [1.807, 2.05) is 0 Å². The summed E-state index contributed by atoms with van der Waals surface area (Å²) < 4.78 is 5.43. The highest BCUT2D eigenvalue weighted by atomic mass is 28.3. The van der Waals surface area contributed by atoms with Crippen LogP contribution < -0.4 is 0 Å². The first kappa shape index (κ1) is 10.6. The molecule has 0 radical (unpaired) electrons. The van der Waals surface area contributed by atoms with Crippen molar-refractivity contribution in [2.75, 3.05) is 19.4 Å². The fourth-order valence-corrected chi connectivity index (χ4v) is 6.66. The average molecular weight is 213 g/mol. The summed E-state index contributed by atoms with van der Waals surface area (Å²) in [7, 11) is -0.865. The highest BCUT2D eigenvalue weighted by Crippen LogP contribution is 2.30. The zero-order valence-electron chi connectivity index (χ0n) is 9.75. The lowest BCUT2D eigenvalue weighted by atomic mass is 10.1. The van der Waals surface area contributed by atoms with Crippen molar-refractivity contribution in [3.63, 3.8) is 0 Å². The SMILES string of the molecule is C[C@H]1C[Si](C)(C)CN1C1CCOCC1. The highest BCUT2D eigenvalue weighted by molar-refractivity contribution is 6.78. The van der Waals surface area contributed by atoms with Crippen molar-refractivity contribution in [3.8, 4) is 0 Å². The Labute approximate surface area is 88.6 Å². The first-order valence-electron chi connectivity index (χ1n) is 5.92. The van der Waals surface area contributed by atoms with E-state index >= 15 is 0 Å². The van der Waals surface area contributed by atoms with Gasteiger partial charge in [-0.05, 0) is 32.0 Å². The minimum Gasteiger partial charge on any atom is -0.381 e. The Bertz CT molecular complexity index is 201. The number of nitrogens with zero attached hydrogens (tertiary/aromatic N) is 1. The molecule has 2 aliphatic heterocycles. The molecule has 3 heteroatoms. The summed E-state index contributed by atoms with van der Waals surface area (Å²) in [5, 5.41) is 0. The van der Waals surface area contributed by atoms with Gasteiger partial charge in [0.15, 0.2) is 0 Å². The second-order valence-electron chi connectivity index (χ2n) is 5.73.